The first-order chi connectivity index (χ1) is 17.3. The molecule has 1 fully saturated rings. The first-order valence-electron chi connectivity index (χ1n) is 12.4. The van der Waals surface area contributed by atoms with Gasteiger partial charge in [0, 0.05) is 51.0 Å². The summed E-state index contributed by atoms with van der Waals surface area (Å²) in [5.41, 5.74) is 6.95. The molecular formula is C27H42ClFN4O3. The lowest BCUT2D eigenvalue weighted by Crippen LogP contribution is -2.39. The number of nitrogens with one attached hydrogen (secondary N) is 1. The summed E-state index contributed by atoms with van der Waals surface area (Å²) in [5.74, 6) is 0.598. The van der Waals surface area contributed by atoms with E-state index in [9.17, 15) is 9.18 Å². The maximum atomic E-state index is 14.4. The number of nitrogens with zero attached hydrogens (tertiary/aromatic N) is 2. The zero-order valence-corrected chi connectivity index (χ0v) is 22.9. The fourth-order valence-electron chi connectivity index (χ4n) is 3.79. The van der Waals surface area contributed by atoms with E-state index in [-0.39, 0.29) is 6.54 Å². The second-order valence-corrected chi connectivity index (χ2v) is 9.04. The van der Waals surface area contributed by atoms with Crippen molar-refractivity contribution in [2.45, 2.75) is 70.7 Å². The SMILES string of the molecule is C=NC(=NCc1cccc(C(C)(F)CN)c1)/C(CC)=C(/CCC)NCCl.COC1(C=O)CCOCC1. The third-order valence-electron chi connectivity index (χ3n) is 6.20. The van der Waals surface area contributed by atoms with Crippen molar-refractivity contribution in [3.63, 3.8) is 0 Å². The van der Waals surface area contributed by atoms with Crippen LogP contribution in [0.4, 0.5) is 4.39 Å². The largest absolute Gasteiger partial charge is 0.381 e. The fourth-order valence-corrected chi connectivity index (χ4v) is 3.95. The average molecular weight is 525 g/mol. The third-order valence-corrected chi connectivity index (χ3v) is 6.34. The Labute approximate surface area is 220 Å². The predicted octanol–water partition coefficient (Wildman–Crippen LogP) is 5.06. The van der Waals surface area contributed by atoms with Gasteiger partial charge in [-0.1, -0.05) is 44.5 Å². The molecule has 36 heavy (non-hydrogen) atoms. The topological polar surface area (TPSA) is 98.3 Å². The molecule has 0 spiro atoms. The zero-order chi connectivity index (χ0) is 27.0. The Morgan fingerprint density at radius 2 is 2.08 bits per heavy atom. The van der Waals surface area contributed by atoms with E-state index in [2.05, 4.69) is 35.9 Å². The Balaban J connectivity index is 0.000000537. The summed E-state index contributed by atoms with van der Waals surface area (Å²) in [5, 5.41) is 3.20. The van der Waals surface area contributed by atoms with Crippen LogP contribution in [0.2, 0.25) is 0 Å². The summed E-state index contributed by atoms with van der Waals surface area (Å²) >= 11 is 5.85. The van der Waals surface area contributed by atoms with E-state index in [4.69, 9.17) is 26.8 Å². The Kier molecular flexibility index (Phi) is 14.7. The van der Waals surface area contributed by atoms with Gasteiger partial charge in [-0.15, -0.1) is 11.6 Å². The molecule has 0 radical (unpaired) electrons. The number of carbonyl (C=O) groups excluding carboxylic acids is 1. The van der Waals surface area contributed by atoms with Gasteiger partial charge in [0.2, 0.25) is 0 Å². The molecular weight excluding hydrogens is 483 g/mol. The van der Waals surface area contributed by atoms with E-state index in [1.54, 1.807) is 19.2 Å². The molecule has 7 nitrogen and oxygen atoms in total. The number of halogens is 2. The molecule has 2 rings (SSSR count). The van der Waals surface area contributed by atoms with Crippen LogP contribution in [0.1, 0.15) is 64.0 Å². The fraction of sp³-hybridized carbons (Fsp3) is 0.593. The van der Waals surface area contributed by atoms with Crippen LogP contribution in [-0.2, 0) is 26.5 Å². The Morgan fingerprint density at radius 1 is 1.39 bits per heavy atom. The average Bonchev–Trinajstić information content (AvgIpc) is 2.92. The van der Waals surface area contributed by atoms with Gasteiger partial charge in [-0.05, 0) is 37.6 Å². The lowest BCUT2D eigenvalue weighted by molar-refractivity contribution is -0.139. The van der Waals surface area contributed by atoms with E-state index in [1.165, 1.54) is 6.92 Å². The smallest absolute Gasteiger partial charge is 0.152 e. The molecule has 1 aliphatic rings. The van der Waals surface area contributed by atoms with Crippen LogP contribution in [0.25, 0.3) is 0 Å². The highest BCUT2D eigenvalue weighted by Crippen LogP contribution is 2.25. The van der Waals surface area contributed by atoms with E-state index in [0.29, 0.717) is 50.0 Å². The molecule has 1 aromatic rings. The molecule has 0 aromatic heterocycles. The van der Waals surface area contributed by atoms with Crippen molar-refractivity contribution in [2.75, 3.05) is 32.9 Å². The van der Waals surface area contributed by atoms with Crippen LogP contribution < -0.4 is 11.1 Å². The number of allylic oxidation sites excluding steroid dienone is 1. The summed E-state index contributed by atoms with van der Waals surface area (Å²) in [4.78, 5) is 19.3. The number of rotatable bonds is 12. The number of ether oxygens (including phenoxy) is 2. The van der Waals surface area contributed by atoms with Crippen molar-refractivity contribution in [3.8, 4) is 0 Å². The molecule has 0 amide bonds. The molecule has 0 saturated carbocycles. The Morgan fingerprint density at radius 3 is 2.56 bits per heavy atom. The summed E-state index contributed by atoms with van der Waals surface area (Å²) in [7, 11) is 1.57. The van der Waals surface area contributed by atoms with Gasteiger partial charge in [-0.25, -0.2) is 9.38 Å². The number of aliphatic imine (C=N–C) groups is 2. The van der Waals surface area contributed by atoms with Crippen molar-refractivity contribution >= 4 is 30.4 Å². The Hall–Kier alpha value is -2.13. The minimum Gasteiger partial charge on any atom is -0.381 e. The molecule has 0 aliphatic carbocycles. The van der Waals surface area contributed by atoms with Crippen LogP contribution in [0.3, 0.4) is 0 Å². The first-order valence-corrected chi connectivity index (χ1v) is 12.9. The number of alkyl halides is 2. The quantitative estimate of drug-likeness (QED) is 0.131. The molecule has 9 heteroatoms. The molecule has 0 bridgehead atoms. The molecule has 1 saturated heterocycles. The number of amidine groups is 1. The maximum Gasteiger partial charge on any atom is 0.152 e. The monoisotopic (exact) mass is 524 g/mol. The van der Waals surface area contributed by atoms with Crippen LogP contribution in [0, 0.1) is 0 Å². The summed E-state index contributed by atoms with van der Waals surface area (Å²) in [6, 6.07) is 7.62. The van der Waals surface area contributed by atoms with E-state index in [0.717, 1.165) is 42.4 Å². The van der Waals surface area contributed by atoms with E-state index >= 15 is 0 Å². The number of benzene rings is 1. The standard InChI is InChI=1S/C20H30ClFN4.C7H12O3/c1-5-8-18(26-14-21)17(6-2)19(24-4)25-12-15-9-7-10-16(11-15)20(3,22)13-23;1-9-7(6-8)2-4-10-5-3-7/h7,9-11,26H,4-6,8,12-14,23H2,1-3H3;6H,2-5H2,1H3/b18-17-,25-19?;. The van der Waals surface area contributed by atoms with Crippen molar-refractivity contribution in [2.24, 2.45) is 15.7 Å². The highest BCUT2D eigenvalue weighted by Gasteiger charge is 2.31. The zero-order valence-electron chi connectivity index (χ0n) is 22.1. The summed E-state index contributed by atoms with van der Waals surface area (Å²) < 4.78 is 24.6. The normalized spacial score (nSPS) is 17.7. The highest BCUT2D eigenvalue weighted by atomic mass is 35.5. The van der Waals surface area contributed by atoms with Gasteiger partial charge in [0.05, 0.1) is 12.5 Å². The van der Waals surface area contributed by atoms with Crippen LogP contribution in [0.15, 0.2) is 45.5 Å². The van der Waals surface area contributed by atoms with Crippen LogP contribution in [0.5, 0.6) is 0 Å². The van der Waals surface area contributed by atoms with E-state index < -0.39 is 11.3 Å². The van der Waals surface area contributed by atoms with Crippen molar-refractivity contribution in [1.82, 2.24) is 5.32 Å². The summed E-state index contributed by atoms with van der Waals surface area (Å²) in [6.45, 7) is 10.9. The minimum absolute atomic E-state index is 0.0631. The number of hydrogen-bond acceptors (Lipinski definition) is 6. The Bertz CT molecular complexity index is 876. The minimum atomic E-state index is -1.55. The molecule has 202 valence electrons. The van der Waals surface area contributed by atoms with Crippen molar-refractivity contribution < 1.29 is 18.7 Å². The van der Waals surface area contributed by atoms with Crippen molar-refractivity contribution in [1.29, 1.82) is 0 Å². The number of nitrogens with two attached hydrogens (primary N) is 1. The predicted molar refractivity (Wildman–Crippen MR) is 147 cm³/mol. The van der Waals surface area contributed by atoms with Gasteiger partial charge in [-0.3, -0.25) is 4.99 Å². The van der Waals surface area contributed by atoms with Gasteiger partial charge in [-0.2, -0.15) is 0 Å². The van der Waals surface area contributed by atoms with Gasteiger partial charge < -0.3 is 25.3 Å². The third kappa shape index (κ3) is 9.73. The van der Waals surface area contributed by atoms with Gasteiger partial charge in [0.25, 0.3) is 0 Å². The summed E-state index contributed by atoms with van der Waals surface area (Å²) in [6.07, 6.45) is 4.89. The first kappa shape index (κ1) is 31.9. The van der Waals surface area contributed by atoms with Gasteiger partial charge >= 0.3 is 0 Å². The maximum absolute atomic E-state index is 14.4. The number of hydrogen-bond donors (Lipinski definition) is 2. The lowest BCUT2D eigenvalue weighted by atomic mass is 9.96. The molecule has 1 aliphatic heterocycles. The number of methoxy groups -OCH3 is 1. The van der Waals surface area contributed by atoms with E-state index in [1.807, 2.05) is 12.1 Å². The molecule has 1 unspecified atom stereocenters. The lowest BCUT2D eigenvalue weighted by Gasteiger charge is -2.30. The number of aldehydes is 1. The number of carbonyl (C=O) groups is 1. The molecule has 1 heterocycles. The molecule has 1 aromatic carbocycles. The second-order valence-electron chi connectivity index (χ2n) is 8.77. The molecule has 1 atom stereocenters. The highest BCUT2D eigenvalue weighted by molar-refractivity contribution is 6.17. The van der Waals surface area contributed by atoms with Crippen molar-refractivity contribution in [3.05, 3.63) is 46.7 Å². The second kappa shape index (κ2) is 16.6. The molecule has 3 N–H and O–H groups in total. The van der Waals surface area contributed by atoms with Crippen LogP contribution in [-0.4, -0.2) is 57.3 Å². The van der Waals surface area contributed by atoms with Gasteiger partial charge in [0.15, 0.2) is 12.1 Å². The van der Waals surface area contributed by atoms with Gasteiger partial charge in [0.1, 0.15) is 11.3 Å². The van der Waals surface area contributed by atoms with Crippen LogP contribution >= 0.6 is 11.6 Å².